The zero-order valence-corrected chi connectivity index (χ0v) is 18.7. The molecule has 5 nitrogen and oxygen atoms in total. The van der Waals surface area contributed by atoms with Gasteiger partial charge in [0, 0.05) is 18.2 Å². The number of thioether (sulfide) groups is 1. The van der Waals surface area contributed by atoms with Crippen molar-refractivity contribution in [3.8, 4) is 0 Å². The second kappa shape index (κ2) is 8.26. The molecule has 1 aliphatic carbocycles. The lowest BCUT2D eigenvalue weighted by molar-refractivity contribution is -0.128. The number of amidine groups is 1. The van der Waals surface area contributed by atoms with Crippen molar-refractivity contribution in [1.82, 2.24) is 4.90 Å². The molecule has 1 saturated heterocycles. The van der Waals surface area contributed by atoms with Crippen molar-refractivity contribution in [2.75, 3.05) is 5.32 Å². The fraction of sp³-hybridized carbons (Fsp3) is 0.375. The van der Waals surface area contributed by atoms with Gasteiger partial charge in [-0.15, -0.1) is 0 Å². The summed E-state index contributed by atoms with van der Waals surface area (Å²) in [5.74, 6) is -0.138. The molecule has 1 saturated carbocycles. The molecular weight excluding hydrogens is 394 g/mol. The van der Waals surface area contributed by atoms with Crippen LogP contribution in [0.25, 0.3) is 0 Å². The van der Waals surface area contributed by atoms with E-state index in [4.69, 9.17) is 4.99 Å². The van der Waals surface area contributed by atoms with Crippen LogP contribution in [0.15, 0.2) is 41.4 Å². The Hall–Kier alpha value is -2.60. The summed E-state index contributed by atoms with van der Waals surface area (Å²) in [7, 11) is 0. The predicted octanol–water partition coefficient (Wildman–Crippen LogP) is 5.04. The highest BCUT2D eigenvalue weighted by Crippen LogP contribution is 2.40. The highest BCUT2D eigenvalue weighted by atomic mass is 32.2. The van der Waals surface area contributed by atoms with Crippen molar-refractivity contribution >= 4 is 40.1 Å². The smallest absolute Gasteiger partial charge is 0.242 e. The van der Waals surface area contributed by atoms with E-state index in [2.05, 4.69) is 11.4 Å². The van der Waals surface area contributed by atoms with E-state index in [-0.39, 0.29) is 24.3 Å². The second-order valence-corrected chi connectivity index (χ2v) is 9.47. The van der Waals surface area contributed by atoms with E-state index in [0.29, 0.717) is 0 Å². The van der Waals surface area contributed by atoms with Gasteiger partial charge in [-0.2, -0.15) is 0 Å². The lowest BCUT2D eigenvalue weighted by Crippen LogP contribution is -2.35. The maximum Gasteiger partial charge on any atom is 0.242 e. The third kappa shape index (κ3) is 4.43. The minimum atomic E-state index is -0.431. The molecule has 1 aliphatic heterocycles. The average Bonchev–Trinajstić information content (AvgIpc) is 3.47. The summed E-state index contributed by atoms with van der Waals surface area (Å²) in [5, 5.41) is 3.27. The van der Waals surface area contributed by atoms with Crippen molar-refractivity contribution < 1.29 is 9.59 Å². The first kappa shape index (κ1) is 20.7. The summed E-state index contributed by atoms with van der Waals surface area (Å²) in [6.45, 7) is 8.02. The van der Waals surface area contributed by atoms with Crippen molar-refractivity contribution in [1.29, 1.82) is 0 Å². The fourth-order valence-corrected chi connectivity index (χ4v) is 4.75. The number of aryl methyl sites for hydroxylation is 4. The molecule has 0 spiro atoms. The Labute approximate surface area is 182 Å². The van der Waals surface area contributed by atoms with Crippen molar-refractivity contribution in [2.45, 2.75) is 58.2 Å². The van der Waals surface area contributed by atoms with Gasteiger partial charge < -0.3 is 5.32 Å². The molecule has 2 amide bonds. The molecule has 30 heavy (non-hydrogen) atoms. The number of benzene rings is 2. The van der Waals surface area contributed by atoms with Gasteiger partial charge in [-0.05, 0) is 74.9 Å². The zero-order chi connectivity index (χ0) is 21.4. The third-order valence-corrected chi connectivity index (χ3v) is 6.65. The molecule has 1 N–H and O–H groups in total. The molecule has 156 valence electrons. The van der Waals surface area contributed by atoms with E-state index in [1.54, 1.807) is 0 Å². The summed E-state index contributed by atoms with van der Waals surface area (Å²) in [6.07, 6.45) is 2.14. The molecule has 2 aromatic rings. The summed E-state index contributed by atoms with van der Waals surface area (Å²) in [5.41, 5.74) is 6.00. The molecule has 4 rings (SSSR count). The first-order valence-electron chi connectivity index (χ1n) is 10.3. The number of hydrogen-bond donors (Lipinski definition) is 1. The molecular formula is C24H27N3O2S. The van der Waals surface area contributed by atoms with Gasteiger partial charge in [0.25, 0.3) is 0 Å². The van der Waals surface area contributed by atoms with E-state index in [9.17, 15) is 9.59 Å². The summed E-state index contributed by atoms with van der Waals surface area (Å²) >= 11 is 1.42. The number of hydrogen-bond acceptors (Lipinski definition) is 4. The van der Waals surface area contributed by atoms with E-state index < -0.39 is 5.25 Å². The number of carbonyl (C=O) groups is 2. The summed E-state index contributed by atoms with van der Waals surface area (Å²) in [4.78, 5) is 32.4. The molecule has 2 aliphatic rings. The Bertz CT molecular complexity index is 1040. The van der Waals surface area contributed by atoms with Gasteiger partial charge >= 0.3 is 0 Å². The van der Waals surface area contributed by atoms with Crippen LogP contribution in [0.4, 0.5) is 11.4 Å². The summed E-state index contributed by atoms with van der Waals surface area (Å²) < 4.78 is 0. The van der Waals surface area contributed by atoms with Crippen LogP contribution in [0, 0.1) is 27.7 Å². The topological polar surface area (TPSA) is 61.8 Å². The normalized spacial score (nSPS) is 20.1. The number of nitrogens with zero attached hydrogens (tertiary/aromatic N) is 2. The molecule has 0 aromatic heterocycles. The van der Waals surface area contributed by atoms with Gasteiger partial charge in [0.1, 0.15) is 5.25 Å². The Kier molecular flexibility index (Phi) is 5.69. The van der Waals surface area contributed by atoms with Crippen LogP contribution in [0.5, 0.6) is 0 Å². The van der Waals surface area contributed by atoms with Crippen LogP contribution >= 0.6 is 11.8 Å². The number of rotatable bonds is 5. The maximum absolute atomic E-state index is 13.1. The first-order chi connectivity index (χ1) is 14.3. The summed E-state index contributed by atoms with van der Waals surface area (Å²) in [6, 6.07) is 12.3. The van der Waals surface area contributed by atoms with Gasteiger partial charge in [0.15, 0.2) is 5.17 Å². The lowest BCUT2D eigenvalue weighted by Gasteiger charge is -2.16. The Morgan fingerprint density at radius 2 is 1.73 bits per heavy atom. The standard InChI is InChI=1S/C24H27N3O2S/c1-14-5-7-16(3)19(11-14)25-22(28)13-21-23(29)27(18-9-10-18)24(30-21)26-20-12-15(2)6-8-17(20)4/h5-8,11-12,18,21H,9-10,13H2,1-4H3,(H,25,28)/t21-/m1/s1. The van der Waals surface area contributed by atoms with Crippen molar-refractivity contribution in [3.63, 3.8) is 0 Å². The van der Waals surface area contributed by atoms with Gasteiger partial charge in [-0.3, -0.25) is 14.5 Å². The van der Waals surface area contributed by atoms with E-state index >= 15 is 0 Å². The van der Waals surface area contributed by atoms with Crippen LogP contribution in [0.3, 0.4) is 0 Å². The van der Waals surface area contributed by atoms with E-state index in [1.807, 2.05) is 62.9 Å². The van der Waals surface area contributed by atoms with Crippen molar-refractivity contribution in [3.05, 3.63) is 58.7 Å². The number of anilines is 1. The molecule has 2 aromatic carbocycles. The molecule has 0 unspecified atom stereocenters. The largest absolute Gasteiger partial charge is 0.326 e. The van der Waals surface area contributed by atoms with Crippen LogP contribution in [-0.2, 0) is 9.59 Å². The molecule has 6 heteroatoms. The molecule has 1 heterocycles. The zero-order valence-electron chi connectivity index (χ0n) is 17.9. The van der Waals surface area contributed by atoms with Gasteiger partial charge in [0.2, 0.25) is 11.8 Å². The highest BCUT2D eigenvalue weighted by Gasteiger charge is 2.46. The molecule has 2 fully saturated rings. The predicted molar refractivity (Wildman–Crippen MR) is 123 cm³/mol. The number of nitrogens with one attached hydrogen (secondary N) is 1. The van der Waals surface area contributed by atoms with Crippen molar-refractivity contribution in [2.24, 2.45) is 4.99 Å². The average molecular weight is 422 g/mol. The minimum absolute atomic E-state index is 0.00247. The van der Waals surface area contributed by atoms with Crippen LogP contribution in [0.1, 0.15) is 41.5 Å². The van der Waals surface area contributed by atoms with E-state index in [0.717, 1.165) is 51.6 Å². The van der Waals surface area contributed by atoms with Crippen LogP contribution in [0.2, 0.25) is 0 Å². The van der Waals surface area contributed by atoms with Crippen LogP contribution < -0.4 is 5.32 Å². The second-order valence-electron chi connectivity index (χ2n) is 8.30. The maximum atomic E-state index is 13.1. The lowest BCUT2D eigenvalue weighted by atomic mass is 10.1. The Morgan fingerprint density at radius 1 is 1.07 bits per heavy atom. The first-order valence-corrected chi connectivity index (χ1v) is 11.2. The number of aliphatic imine (C=N–C) groups is 1. The quantitative estimate of drug-likeness (QED) is 0.735. The fourth-order valence-electron chi connectivity index (χ4n) is 3.54. The Balaban J connectivity index is 1.53. The molecule has 0 bridgehead atoms. The SMILES string of the molecule is Cc1ccc(C)c(N=C2S[C@H](CC(=O)Nc3cc(C)ccc3C)C(=O)N2C2CC2)c1. The van der Waals surface area contributed by atoms with E-state index in [1.165, 1.54) is 11.8 Å². The number of amides is 2. The van der Waals surface area contributed by atoms with Gasteiger partial charge in [0.05, 0.1) is 5.69 Å². The Morgan fingerprint density at radius 3 is 2.43 bits per heavy atom. The number of carbonyl (C=O) groups excluding carboxylic acids is 2. The highest BCUT2D eigenvalue weighted by molar-refractivity contribution is 8.15. The van der Waals surface area contributed by atoms with Crippen LogP contribution in [-0.4, -0.2) is 33.2 Å². The molecule has 0 radical (unpaired) electrons. The molecule has 1 atom stereocenters. The van der Waals surface area contributed by atoms with Gasteiger partial charge in [-0.25, -0.2) is 4.99 Å². The van der Waals surface area contributed by atoms with Gasteiger partial charge in [-0.1, -0.05) is 36.0 Å². The minimum Gasteiger partial charge on any atom is -0.326 e. The third-order valence-electron chi connectivity index (χ3n) is 5.50. The monoisotopic (exact) mass is 421 g/mol.